The molecular formula is C21H21FN4O3. The van der Waals surface area contributed by atoms with Crippen molar-refractivity contribution < 1.29 is 18.4 Å². The fourth-order valence-electron chi connectivity index (χ4n) is 2.67. The third-order valence-corrected chi connectivity index (χ3v) is 4.39. The molecule has 0 aliphatic heterocycles. The van der Waals surface area contributed by atoms with Crippen LogP contribution in [-0.2, 0) is 11.3 Å². The minimum absolute atomic E-state index is 0.0165. The van der Waals surface area contributed by atoms with Gasteiger partial charge in [-0.25, -0.2) is 9.37 Å². The maximum Gasteiger partial charge on any atom is 0.288 e. The Balaban J connectivity index is 1.70. The van der Waals surface area contributed by atoms with E-state index in [9.17, 15) is 14.0 Å². The molecule has 0 saturated carbocycles. The lowest BCUT2D eigenvalue weighted by atomic mass is 10.2. The number of carbonyl (C=O) groups is 2. The number of aryl methyl sites for hydroxylation is 1. The molecule has 0 aliphatic rings. The van der Waals surface area contributed by atoms with Crippen LogP contribution in [0.1, 0.15) is 35.2 Å². The Labute approximate surface area is 167 Å². The van der Waals surface area contributed by atoms with Gasteiger partial charge in [-0.2, -0.15) is 0 Å². The number of oxazole rings is 1. The van der Waals surface area contributed by atoms with Crippen LogP contribution in [0.4, 0.5) is 10.1 Å². The first-order chi connectivity index (χ1) is 13.9. The molecule has 2 amide bonds. The van der Waals surface area contributed by atoms with Crippen molar-refractivity contribution in [3.63, 3.8) is 0 Å². The lowest BCUT2D eigenvalue weighted by Gasteiger charge is -2.17. The van der Waals surface area contributed by atoms with E-state index in [1.165, 1.54) is 30.3 Å². The molecule has 0 fully saturated rings. The molecule has 1 N–H and O–H groups in total. The van der Waals surface area contributed by atoms with Crippen LogP contribution in [0, 0.1) is 12.7 Å². The first-order valence-corrected chi connectivity index (χ1v) is 9.11. The summed E-state index contributed by atoms with van der Waals surface area (Å²) in [6.07, 6.45) is 3.25. The fourth-order valence-corrected chi connectivity index (χ4v) is 2.67. The van der Waals surface area contributed by atoms with E-state index in [2.05, 4.69) is 15.3 Å². The van der Waals surface area contributed by atoms with Crippen molar-refractivity contribution in [3.8, 4) is 11.5 Å². The van der Waals surface area contributed by atoms with Crippen LogP contribution in [0.2, 0.25) is 0 Å². The number of hydrogen-bond acceptors (Lipinski definition) is 5. The summed E-state index contributed by atoms with van der Waals surface area (Å²) < 4.78 is 19.9. The second-order valence-electron chi connectivity index (χ2n) is 6.49. The highest BCUT2D eigenvalue weighted by Gasteiger charge is 2.17. The van der Waals surface area contributed by atoms with Gasteiger partial charge in [0.05, 0.1) is 11.9 Å². The molecule has 0 spiro atoms. The summed E-state index contributed by atoms with van der Waals surface area (Å²) in [5.74, 6) is -1.09. The first kappa shape index (κ1) is 20.2. The maximum atomic E-state index is 14.4. The van der Waals surface area contributed by atoms with Crippen molar-refractivity contribution in [3.05, 3.63) is 65.6 Å². The molecule has 2 heterocycles. The monoisotopic (exact) mass is 396 g/mol. The highest BCUT2D eigenvalue weighted by molar-refractivity contribution is 5.93. The number of benzene rings is 1. The van der Waals surface area contributed by atoms with Crippen molar-refractivity contribution in [2.24, 2.45) is 0 Å². The quantitative estimate of drug-likeness (QED) is 0.689. The van der Waals surface area contributed by atoms with Crippen LogP contribution >= 0.6 is 0 Å². The summed E-state index contributed by atoms with van der Waals surface area (Å²) >= 11 is 0. The third-order valence-electron chi connectivity index (χ3n) is 4.39. The van der Waals surface area contributed by atoms with Crippen LogP contribution in [0.25, 0.3) is 11.5 Å². The number of hydrogen-bond donors (Lipinski definition) is 1. The van der Waals surface area contributed by atoms with E-state index in [1.54, 1.807) is 19.2 Å². The van der Waals surface area contributed by atoms with Crippen LogP contribution in [0.15, 0.2) is 47.1 Å². The molecule has 7 nitrogen and oxygen atoms in total. The minimum Gasteiger partial charge on any atom is -0.431 e. The Morgan fingerprint density at radius 3 is 2.62 bits per heavy atom. The largest absolute Gasteiger partial charge is 0.431 e. The van der Waals surface area contributed by atoms with Crippen LogP contribution in [-0.4, -0.2) is 28.8 Å². The van der Waals surface area contributed by atoms with Gasteiger partial charge in [-0.15, -0.1) is 0 Å². The number of amides is 2. The Bertz CT molecular complexity index is 1030. The summed E-state index contributed by atoms with van der Waals surface area (Å²) in [4.78, 5) is 33.5. The van der Waals surface area contributed by atoms with E-state index in [0.717, 1.165) is 11.3 Å². The number of nitrogens with zero attached hydrogens (tertiary/aromatic N) is 3. The lowest BCUT2D eigenvalue weighted by Crippen LogP contribution is -2.25. The Hall–Kier alpha value is -3.55. The predicted molar refractivity (Wildman–Crippen MR) is 106 cm³/mol. The number of carbonyl (C=O) groups excluding carboxylic acids is 2. The van der Waals surface area contributed by atoms with Gasteiger partial charge in [0.1, 0.15) is 5.82 Å². The van der Waals surface area contributed by atoms with E-state index < -0.39 is 11.7 Å². The smallest absolute Gasteiger partial charge is 0.288 e. The van der Waals surface area contributed by atoms with Crippen LogP contribution in [0.5, 0.6) is 0 Å². The summed E-state index contributed by atoms with van der Waals surface area (Å²) in [5, 5.41) is 2.72. The van der Waals surface area contributed by atoms with Crippen molar-refractivity contribution >= 4 is 17.5 Å². The number of rotatable bonds is 6. The van der Waals surface area contributed by atoms with Gasteiger partial charge in [-0.1, -0.05) is 13.0 Å². The molecule has 0 atom stereocenters. The molecular weight excluding hydrogens is 375 g/mol. The highest BCUT2D eigenvalue weighted by Crippen LogP contribution is 2.26. The highest BCUT2D eigenvalue weighted by atomic mass is 19.1. The molecule has 150 valence electrons. The second kappa shape index (κ2) is 8.64. The molecule has 0 radical (unpaired) electrons. The average molecular weight is 396 g/mol. The summed E-state index contributed by atoms with van der Waals surface area (Å²) in [5.41, 5.74) is 2.28. The van der Waals surface area contributed by atoms with Crippen molar-refractivity contribution in [2.75, 3.05) is 11.9 Å². The fraction of sp³-hybridized carbons (Fsp3) is 0.238. The van der Waals surface area contributed by atoms with Gasteiger partial charge in [0, 0.05) is 37.5 Å². The van der Waals surface area contributed by atoms with Gasteiger partial charge in [0.15, 0.2) is 0 Å². The zero-order valence-corrected chi connectivity index (χ0v) is 16.4. The Kier molecular flexibility index (Phi) is 6.01. The molecule has 2 aromatic heterocycles. The molecule has 0 aliphatic carbocycles. The minimum atomic E-state index is -0.581. The average Bonchev–Trinajstić information content (AvgIpc) is 3.22. The molecule has 0 unspecified atom stereocenters. The van der Waals surface area contributed by atoms with Crippen molar-refractivity contribution in [1.29, 1.82) is 0 Å². The molecule has 0 bridgehead atoms. The topological polar surface area (TPSA) is 88.3 Å². The molecule has 0 saturated heterocycles. The Morgan fingerprint density at radius 2 is 1.97 bits per heavy atom. The Morgan fingerprint density at radius 1 is 1.17 bits per heavy atom. The van der Waals surface area contributed by atoms with E-state index in [4.69, 9.17) is 4.42 Å². The van der Waals surface area contributed by atoms with Gasteiger partial charge < -0.3 is 14.6 Å². The number of nitrogens with one attached hydrogen (secondary N) is 1. The summed E-state index contributed by atoms with van der Waals surface area (Å²) in [6.45, 7) is 3.89. The van der Waals surface area contributed by atoms with Crippen molar-refractivity contribution in [1.82, 2.24) is 15.3 Å². The van der Waals surface area contributed by atoms with Gasteiger partial charge in [-0.3, -0.25) is 14.6 Å². The SMILES string of the molecule is CCC(=O)N(C)c1ccc(-c2ncc(C(=O)NCc3ccc(C)nc3)o2)cc1F. The molecule has 29 heavy (non-hydrogen) atoms. The van der Waals surface area contributed by atoms with Crippen LogP contribution < -0.4 is 10.2 Å². The van der Waals surface area contributed by atoms with Gasteiger partial charge >= 0.3 is 0 Å². The summed E-state index contributed by atoms with van der Waals surface area (Å²) in [7, 11) is 1.51. The van der Waals surface area contributed by atoms with E-state index >= 15 is 0 Å². The molecule has 8 heteroatoms. The lowest BCUT2D eigenvalue weighted by molar-refractivity contribution is -0.118. The van der Waals surface area contributed by atoms with Crippen molar-refractivity contribution in [2.45, 2.75) is 26.8 Å². The van der Waals surface area contributed by atoms with Gasteiger partial charge in [-0.05, 0) is 36.8 Å². The van der Waals surface area contributed by atoms with Gasteiger partial charge in [0.25, 0.3) is 5.91 Å². The zero-order valence-electron chi connectivity index (χ0n) is 16.4. The predicted octanol–water partition coefficient (Wildman–Crippen LogP) is 3.49. The standard InChI is InChI=1S/C21H21FN4O3/c1-4-19(27)26(3)17-8-7-15(9-16(17)22)21-25-12-18(29-21)20(28)24-11-14-6-5-13(2)23-10-14/h5-10,12H,4,11H2,1-3H3,(H,24,28). The summed E-state index contributed by atoms with van der Waals surface area (Å²) in [6, 6.07) is 8.02. The zero-order chi connectivity index (χ0) is 21.0. The van der Waals surface area contributed by atoms with E-state index in [0.29, 0.717) is 12.1 Å². The third kappa shape index (κ3) is 4.66. The first-order valence-electron chi connectivity index (χ1n) is 9.11. The molecule has 3 aromatic rings. The number of pyridine rings is 1. The number of halogens is 1. The van der Waals surface area contributed by atoms with E-state index in [-0.39, 0.29) is 29.7 Å². The second-order valence-corrected chi connectivity index (χ2v) is 6.49. The van der Waals surface area contributed by atoms with Gasteiger partial charge in [0.2, 0.25) is 17.6 Å². The normalized spacial score (nSPS) is 10.6. The van der Waals surface area contributed by atoms with Crippen LogP contribution in [0.3, 0.4) is 0 Å². The molecule has 3 rings (SSSR count). The maximum absolute atomic E-state index is 14.4. The molecule has 1 aromatic carbocycles. The number of anilines is 1. The number of aromatic nitrogens is 2. The van der Waals surface area contributed by atoms with E-state index in [1.807, 2.05) is 19.1 Å².